The largest absolute Gasteiger partial charge is 0.384 e. The molecule has 0 unspecified atom stereocenters. The Kier molecular flexibility index (Phi) is 3.46. The van der Waals surface area contributed by atoms with Crippen LogP contribution in [-0.4, -0.2) is 23.9 Å². The molecule has 2 rings (SSSR count). The summed E-state index contributed by atoms with van der Waals surface area (Å²) in [6.07, 6.45) is 1.10. The van der Waals surface area contributed by atoms with Gasteiger partial charge in [-0.05, 0) is 38.0 Å². The van der Waals surface area contributed by atoms with Crippen LogP contribution >= 0.6 is 0 Å². The van der Waals surface area contributed by atoms with E-state index in [1.165, 1.54) is 5.56 Å². The number of hydrogen-bond acceptors (Lipinski definition) is 3. The van der Waals surface area contributed by atoms with Crippen LogP contribution in [0.2, 0.25) is 0 Å². The number of benzene rings is 1. The van der Waals surface area contributed by atoms with E-state index >= 15 is 0 Å². The molecule has 102 valence electrons. The minimum atomic E-state index is -0.643. The first-order chi connectivity index (χ1) is 8.87. The van der Waals surface area contributed by atoms with Gasteiger partial charge in [-0.25, -0.2) is 0 Å². The van der Waals surface area contributed by atoms with Crippen LogP contribution in [0.25, 0.3) is 0 Å². The number of amides is 2. The lowest BCUT2D eigenvalue weighted by Crippen LogP contribution is -2.46. The van der Waals surface area contributed by atoms with E-state index in [9.17, 15) is 9.59 Å². The second-order valence-corrected chi connectivity index (χ2v) is 5.53. The van der Waals surface area contributed by atoms with E-state index in [0.717, 1.165) is 18.7 Å². The highest BCUT2D eigenvalue weighted by Crippen LogP contribution is 2.23. The van der Waals surface area contributed by atoms with Crippen LogP contribution in [0.1, 0.15) is 36.2 Å². The lowest BCUT2D eigenvalue weighted by molar-refractivity contribution is -0.119. The molecule has 1 aliphatic heterocycles. The molecule has 5 nitrogen and oxygen atoms in total. The van der Waals surface area contributed by atoms with E-state index in [1.807, 2.05) is 18.2 Å². The minimum absolute atomic E-state index is 0.113. The summed E-state index contributed by atoms with van der Waals surface area (Å²) in [5.74, 6) is -0.622. The normalized spacial score (nSPS) is 13.6. The first-order valence-electron chi connectivity index (χ1n) is 6.35. The maximum Gasteiger partial charge on any atom is 0.251 e. The summed E-state index contributed by atoms with van der Waals surface area (Å²) < 4.78 is 0. The topological polar surface area (TPSA) is 84.2 Å². The maximum atomic E-state index is 12.2. The van der Waals surface area contributed by atoms with Gasteiger partial charge in [-0.1, -0.05) is 6.07 Å². The fourth-order valence-corrected chi connectivity index (χ4v) is 2.29. The number of rotatable bonds is 4. The molecule has 19 heavy (non-hydrogen) atoms. The molecule has 1 heterocycles. The average molecular weight is 261 g/mol. The SMILES string of the molecule is CC(C)(CC(N)=O)NC(=O)c1ccc2c(c1)NCC2. The fourth-order valence-electron chi connectivity index (χ4n) is 2.29. The molecule has 4 N–H and O–H groups in total. The Morgan fingerprint density at radius 1 is 1.42 bits per heavy atom. The molecule has 2 amide bonds. The van der Waals surface area contributed by atoms with Crippen molar-refractivity contribution in [2.24, 2.45) is 5.73 Å². The predicted octanol–water partition coefficient (Wildman–Crippen LogP) is 1.04. The molecule has 1 aromatic carbocycles. The molecule has 0 saturated carbocycles. The van der Waals surface area contributed by atoms with Gasteiger partial charge in [0.15, 0.2) is 0 Å². The Labute approximate surface area is 112 Å². The molecule has 5 heteroatoms. The zero-order chi connectivity index (χ0) is 14.0. The highest BCUT2D eigenvalue weighted by Gasteiger charge is 2.24. The van der Waals surface area contributed by atoms with E-state index in [-0.39, 0.29) is 12.3 Å². The Morgan fingerprint density at radius 2 is 2.16 bits per heavy atom. The van der Waals surface area contributed by atoms with Crippen molar-refractivity contribution in [3.8, 4) is 0 Å². The highest BCUT2D eigenvalue weighted by molar-refractivity contribution is 5.96. The maximum absolute atomic E-state index is 12.2. The molecule has 0 atom stereocenters. The third-order valence-electron chi connectivity index (χ3n) is 3.15. The number of carbonyl (C=O) groups excluding carboxylic acids is 2. The number of nitrogens with two attached hydrogens (primary N) is 1. The van der Waals surface area contributed by atoms with Gasteiger partial charge >= 0.3 is 0 Å². The Morgan fingerprint density at radius 3 is 2.84 bits per heavy atom. The van der Waals surface area contributed by atoms with Crippen molar-refractivity contribution < 1.29 is 9.59 Å². The van der Waals surface area contributed by atoms with Crippen molar-refractivity contribution in [1.82, 2.24) is 5.32 Å². The molecule has 1 aliphatic rings. The first kappa shape index (κ1) is 13.4. The summed E-state index contributed by atoms with van der Waals surface area (Å²) in [6, 6.07) is 5.62. The van der Waals surface area contributed by atoms with Crippen LogP contribution < -0.4 is 16.4 Å². The number of anilines is 1. The van der Waals surface area contributed by atoms with E-state index in [2.05, 4.69) is 10.6 Å². The Bertz CT molecular complexity index is 523. The molecule has 0 spiro atoms. The molecule has 0 aliphatic carbocycles. The zero-order valence-electron chi connectivity index (χ0n) is 11.2. The van der Waals surface area contributed by atoms with Gasteiger partial charge < -0.3 is 16.4 Å². The zero-order valence-corrected chi connectivity index (χ0v) is 11.2. The van der Waals surface area contributed by atoms with Crippen LogP contribution in [0.5, 0.6) is 0 Å². The number of primary amides is 1. The van der Waals surface area contributed by atoms with Gasteiger partial charge in [0.25, 0.3) is 5.91 Å². The van der Waals surface area contributed by atoms with Gasteiger partial charge in [0.1, 0.15) is 0 Å². The molecule has 0 aromatic heterocycles. The van der Waals surface area contributed by atoms with Crippen LogP contribution in [0, 0.1) is 0 Å². The standard InChI is InChI=1S/C14H19N3O2/c1-14(2,8-12(15)18)17-13(19)10-4-3-9-5-6-16-11(9)7-10/h3-4,7,16H,5-6,8H2,1-2H3,(H2,15,18)(H,17,19). The van der Waals surface area contributed by atoms with Gasteiger partial charge in [0.2, 0.25) is 5.91 Å². The lowest BCUT2D eigenvalue weighted by Gasteiger charge is -2.24. The minimum Gasteiger partial charge on any atom is -0.384 e. The summed E-state index contributed by atoms with van der Waals surface area (Å²) in [7, 11) is 0. The van der Waals surface area contributed by atoms with Crippen LogP contribution in [0.3, 0.4) is 0 Å². The summed E-state index contributed by atoms with van der Waals surface area (Å²) in [5.41, 5.74) is 7.36. The van der Waals surface area contributed by atoms with E-state index in [1.54, 1.807) is 13.8 Å². The second-order valence-electron chi connectivity index (χ2n) is 5.53. The van der Waals surface area contributed by atoms with Crippen molar-refractivity contribution in [1.29, 1.82) is 0 Å². The van der Waals surface area contributed by atoms with Crippen molar-refractivity contribution in [3.05, 3.63) is 29.3 Å². The molecule has 0 saturated heterocycles. The molecular formula is C14H19N3O2. The quantitative estimate of drug-likeness (QED) is 0.757. The summed E-state index contributed by atoms with van der Waals surface area (Å²) in [5, 5.41) is 6.06. The Hall–Kier alpha value is -2.04. The van der Waals surface area contributed by atoms with Gasteiger partial charge in [-0.3, -0.25) is 9.59 Å². The van der Waals surface area contributed by atoms with Crippen molar-refractivity contribution in [2.75, 3.05) is 11.9 Å². The lowest BCUT2D eigenvalue weighted by atomic mass is 9.99. The van der Waals surface area contributed by atoms with Crippen molar-refractivity contribution in [2.45, 2.75) is 32.2 Å². The molecule has 1 aromatic rings. The summed E-state index contributed by atoms with van der Waals surface area (Å²) in [4.78, 5) is 23.1. The van der Waals surface area contributed by atoms with E-state index in [0.29, 0.717) is 5.56 Å². The predicted molar refractivity (Wildman–Crippen MR) is 74.0 cm³/mol. The highest BCUT2D eigenvalue weighted by atomic mass is 16.2. The van der Waals surface area contributed by atoms with Crippen LogP contribution in [0.4, 0.5) is 5.69 Å². The Balaban J connectivity index is 2.10. The third-order valence-corrected chi connectivity index (χ3v) is 3.15. The third kappa shape index (κ3) is 3.24. The second kappa shape index (κ2) is 4.91. The number of fused-ring (bicyclic) bond motifs is 1. The van der Waals surface area contributed by atoms with Crippen LogP contribution in [-0.2, 0) is 11.2 Å². The van der Waals surface area contributed by atoms with Crippen molar-refractivity contribution >= 4 is 17.5 Å². The van der Waals surface area contributed by atoms with E-state index < -0.39 is 11.4 Å². The number of nitrogens with one attached hydrogen (secondary N) is 2. The average Bonchev–Trinajstić information content (AvgIpc) is 2.72. The van der Waals surface area contributed by atoms with E-state index in [4.69, 9.17) is 5.73 Å². The van der Waals surface area contributed by atoms with Gasteiger partial charge in [0.05, 0.1) is 0 Å². The molecule has 0 radical (unpaired) electrons. The summed E-state index contributed by atoms with van der Waals surface area (Å²) in [6.45, 7) is 4.47. The molecule has 0 bridgehead atoms. The molecule has 0 fully saturated rings. The smallest absolute Gasteiger partial charge is 0.251 e. The summed E-state index contributed by atoms with van der Waals surface area (Å²) >= 11 is 0. The fraction of sp³-hybridized carbons (Fsp3) is 0.429. The van der Waals surface area contributed by atoms with Crippen LogP contribution in [0.15, 0.2) is 18.2 Å². The number of hydrogen-bond donors (Lipinski definition) is 3. The number of carbonyl (C=O) groups is 2. The first-order valence-corrected chi connectivity index (χ1v) is 6.35. The van der Waals surface area contributed by atoms with Gasteiger partial charge in [0, 0.05) is 29.8 Å². The molecular weight excluding hydrogens is 242 g/mol. The van der Waals surface area contributed by atoms with Crippen molar-refractivity contribution in [3.63, 3.8) is 0 Å². The van der Waals surface area contributed by atoms with Gasteiger partial charge in [-0.15, -0.1) is 0 Å². The monoisotopic (exact) mass is 261 g/mol. The van der Waals surface area contributed by atoms with Gasteiger partial charge in [-0.2, -0.15) is 0 Å².